The monoisotopic (exact) mass is 335 g/mol. The predicted molar refractivity (Wildman–Crippen MR) is 86.9 cm³/mol. The van der Waals surface area contributed by atoms with Gasteiger partial charge in [0.1, 0.15) is 0 Å². The van der Waals surface area contributed by atoms with E-state index in [-0.39, 0.29) is 30.6 Å². The first-order valence-corrected chi connectivity index (χ1v) is 8.01. The van der Waals surface area contributed by atoms with Crippen molar-refractivity contribution in [3.8, 4) is 0 Å². The fraction of sp³-hybridized carbons (Fsp3) is 0.462. The summed E-state index contributed by atoms with van der Waals surface area (Å²) in [5, 5.41) is 2.70. The van der Waals surface area contributed by atoms with E-state index >= 15 is 0 Å². The van der Waals surface area contributed by atoms with E-state index in [1.165, 1.54) is 7.05 Å². The summed E-state index contributed by atoms with van der Waals surface area (Å²) in [6.07, 6.45) is 0.677. The molecule has 0 aliphatic carbocycles. The third kappa shape index (κ3) is 6.79. The Hall–Kier alpha value is -1.31. The quantitative estimate of drug-likeness (QED) is 0.715. The highest BCUT2D eigenvalue weighted by molar-refractivity contribution is 7.89. The van der Waals surface area contributed by atoms with Gasteiger partial charge in [0, 0.05) is 19.3 Å². The molecule has 0 saturated heterocycles. The van der Waals surface area contributed by atoms with E-state index < -0.39 is 10.0 Å². The predicted octanol–water partition coefficient (Wildman–Crippen LogP) is 0.631. The number of nitrogen functional groups attached to an aromatic ring is 1. The molecule has 0 aliphatic rings. The molecule has 8 heteroatoms. The first-order chi connectivity index (χ1) is 9.35. The maximum atomic E-state index is 11.6. The standard InChI is InChI=1S/C13H21N3O3S.ClH/c1-3-20(18,19)16(2)10-13(17)15-9-8-11-4-6-12(14)7-5-11;/h4-7H,3,8-10,14H2,1-2H3,(H,15,17);1H. The van der Waals surface area contributed by atoms with Crippen molar-refractivity contribution in [1.29, 1.82) is 0 Å². The largest absolute Gasteiger partial charge is 0.399 e. The van der Waals surface area contributed by atoms with Gasteiger partial charge in [0.15, 0.2) is 0 Å². The minimum Gasteiger partial charge on any atom is -0.399 e. The number of nitrogens with two attached hydrogens (primary N) is 1. The molecule has 0 saturated carbocycles. The molecule has 0 aliphatic heterocycles. The number of rotatable bonds is 7. The summed E-state index contributed by atoms with van der Waals surface area (Å²) in [7, 11) is -1.92. The Bertz CT molecular complexity index is 546. The van der Waals surface area contributed by atoms with Gasteiger partial charge in [-0.3, -0.25) is 4.79 Å². The highest BCUT2D eigenvalue weighted by atomic mass is 35.5. The van der Waals surface area contributed by atoms with E-state index in [9.17, 15) is 13.2 Å². The zero-order valence-corrected chi connectivity index (χ0v) is 13.8. The Labute approximate surface area is 132 Å². The van der Waals surface area contributed by atoms with Crippen molar-refractivity contribution in [1.82, 2.24) is 9.62 Å². The van der Waals surface area contributed by atoms with Crippen LogP contribution in [0.25, 0.3) is 0 Å². The summed E-state index contributed by atoms with van der Waals surface area (Å²) >= 11 is 0. The van der Waals surface area contributed by atoms with Crippen LogP contribution in [0.5, 0.6) is 0 Å². The van der Waals surface area contributed by atoms with Crippen LogP contribution < -0.4 is 11.1 Å². The average molecular weight is 336 g/mol. The van der Waals surface area contributed by atoms with Crippen molar-refractivity contribution in [2.75, 3.05) is 31.6 Å². The zero-order chi connectivity index (χ0) is 15.2. The molecule has 120 valence electrons. The van der Waals surface area contributed by atoms with Crippen molar-refractivity contribution in [3.63, 3.8) is 0 Å². The molecular weight excluding hydrogens is 314 g/mol. The fourth-order valence-corrected chi connectivity index (χ4v) is 2.36. The second-order valence-electron chi connectivity index (χ2n) is 4.50. The van der Waals surface area contributed by atoms with E-state index in [1.807, 2.05) is 12.1 Å². The number of hydrogen-bond acceptors (Lipinski definition) is 4. The lowest BCUT2D eigenvalue weighted by Gasteiger charge is -2.15. The average Bonchev–Trinajstić information content (AvgIpc) is 2.41. The van der Waals surface area contributed by atoms with Gasteiger partial charge >= 0.3 is 0 Å². The lowest BCUT2D eigenvalue weighted by Crippen LogP contribution is -2.39. The Morgan fingerprint density at radius 2 is 1.86 bits per heavy atom. The molecule has 0 atom stereocenters. The Kier molecular flexibility index (Phi) is 8.31. The third-order valence-electron chi connectivity index (χ3n) is 2.92. The molecular formula is C13H22ClN3O3S. The van der Waals surface area contributed by atoms with E-state index in [2.05, 4.69) is 5.32 Å². The van der Waals surface area contributed by atoms with Gasteiger partial charge in [-0.25, -0.2) is 8.42 Å². The second kappa shape index (κ2) is 8.86. The zero-order valence-electron chi connectivity index (χ0n) is 12.2. The first kappa shape index (κ1) is 19.7. The Morgan fingerprint density at radius 1 is 1.29 bits per heavy atom. The van der Waals surface area contributed by atoms with E-state index in [1.54, 1.807) is 19.1 Å². The molecule has 0 radical (unpaired) electrons. The van der Waals surface area contributed by atoms with Crippen LogP contribution in [0.1, 0.15) is 12.5 Å². The number of benzene rings is 1. The van der Waals surface area contributed by atoms with Gasteiger partial charge in [-0.1, -0.05) is 12.1 Å². The van der Waals surface area contributed by atoms with Gasteiger partial charge in [-0.2, -0.15) is 4.31 Å². The van der Waals surface area contributed by atoms with Crippen molar-refractivity contribution in [3.05, 3.63) is 29.8 Å². The molecule has 0 fully saturated rings. The molecule has 0 bridgehead atoms. The van der Waals surface area contributed by atoms with Gasteiger partial charge < -0.3 is 11.1 Å². The summed E-state index contributed by atoms with van der Waals surface area (Å²) < 4.78 is 24.1. The minimum absolute atomic E-state index is 0. The van der Waals surface area contributed by atoms with Crippen molar-refractivity contribution in [2.45, 2.75) is 13.3 Å². The Morgan fingerprint density at radius 3 is 2.38 bits per heavy atom. The number of nitrogens with one attached hydrogen (secondary N) is 1. The summed E-state index contributed by atoms with van der Waals surface area (Å²) in [5.41, 5.74) is 7.34. The smallest absolute Gasteiger partial charge is 0.235 e. The van der Waals surface area contributed by atoms with Gasteiger partial charge in [-0.05, 0) is 31.0 Å². The van der Waals surface area contributed by atoms with Gasteiger partial charge in [-0.15, -0.1) is 12.4 Å². The van der Waals surface area contributed by atoms with Crippen LogP contribution in [0.3, 0.4) is 0 Å². The van der Waals surface area contributed by atoms with E-state index in [0.29, 0.717) is 18.7 Å². The Balaban J connectivity index is 0.00000400. The van der Waals surface area contributed by atoms with Crippen LogP contribution in [0.4, 0.5) is 5.69 Å². The van der Waals surface area contributed by atoms with Crippen molar-refractivity contribution < 1.29 is 13.2 Å². The molecule has 6 nitrogen and oxygen atoms in total. The summed E-state index contributed by atoms with van der Waals surface area (Å²) in [6.45, 7) is 1.85. The molecule has 3 N–H and O–H groups in total. The van der Waals surface area contributed by atoms with Crippen LogP contribution >= 0.6 is 12.4 Å². The maximum Gasteiger partial charge on any atom is 0.235 e. The minimum atomic E-state index is -3.32. The summed E-state index contributed by atoms with van der Waals surface area (Å²) in [4.78, 5) is 11.6. The van der Waals surface area contributed by atoms with E-state index in [0.717, 1.165) is 9.87 Å². The normalized spacial score (nSPS) is 11.0. The first-order valence-electron chi connectivity index (χ1n) is 6.40. The second-order valence-corrected chi connectivity index (χ2v) is 6.86. The summed E-state index contributed by atoms with van der Waals surface area (Å²) in [5.74, 6) is -0.317. The number of hydrogen-bond donors (Lipinski definition) is 2. The van der Waals surface area contributed by atoms with Crippen LogP contribution in [0, 0.1) is 0 Å². The molecule has 21 heavy (non-hydrogen) atoms. The van der Waals surface area contributed by atoms with Gasteiger partial charge in [0.25, 0.3) is 0 Å². The van der Waals surface area contributed by atoms with Gasteiger partial charge in [0.05, 0.1) is 12.3 Å². The number of halogens is 1. The molecule has 0 unspecified atom stereocenters. The molecule has 1 aromatic rings. The van der Waals surface area contributed by atoms with Crippen LogP contribution in [-0.2, 0) is 21.2 Å². The van der Waals surface area contributed by atoms with Crippen molar-refractivity contribution >= 4 is 34.0 Å². The molecule has 0 heterocycles. The number of anilines is 1. The lowest BCUT2D eigenvalue weighted by atomic mass is 10.1. The molecule has 1 rings (SSSR count). The number of carbonyl (C=O) groups is 1. The number of amides is 1. The van der Waals surface area contributed by atoms with Crippen LogP contribution in [-0.4, -0.2) is 44.5 Å². The number of carbonyl (C=O) groups excluding carboxylic acids is 1. The molecule has 1 aromatic carbocycles. The van der Waals surface area contributed by atoms with Gasteiger partial charge in [0.2, 0.25) is 15.9 Å². The topological polar surface area (TPSA) is 92.5 Å². The number of sulfonamides is 1. The maximum absolute atomic E-state index is 11.6. The van der Waals surface area contributed by atoms with Crippen LogP contribution in [0.2, 0.25) is 0 Å². The lowest BCUT2D eigenvalue weighted by molar-refractivity contribution is -0.121. The highest BCUT2D eigenvalue weighted by Crippen LogP contribution is 2.05. The van der Waals surface area contributed by atoms with Crippen molar-refractivity contribution in [2.24, 2.45) is 0 Å². The third-order valence-corrected chi connectivity index (χ3v) is 4.73. The number of nitrogens with zero attached hydrogens (tertiary/aromatic N) is 1. The fourth-order valence-electron chi connectivity index (χ4n) is 1.61. The van der Waals surface area contributed by atoms with E-state index in [4.69, 9.17) is 5.73 Å². The van der Waals surface area contributed by atoms with Crippen LogP contribution in [0.15, 0.2) is 24.3 Å². The highest BCUT2D eigenvalue weighted by Gasteiger charge is 2.17. The number of likely N-dealkylation sites (N-methyl/N-ethyl adjacent to an activating group) is 1. The molecule has 1 amide bonds. The molecule has 0 aromatic heterocycles. The molecule has 0 spiro atoms. The SMILES string of the molecule is CCS(=O)(=O)N(C)CC(=O)NCCc1ccc(N)cc1.Cl. The summed E-state index contributed by atoms with van der Waals surface area (Å²) in [6, 6.07) is 7.40.